The highest BCUT2D eigenvalue weighted by Crippen LogP contribution is 2.23. The molecule has 0 aliphatic carbocycles. The first-order valence-electron chi connectivity index (χ1n) is 10.2. The SMILES string of the molecule is CC.CC.CC.Cc1cnc(C#N)nc1.Cc1cnc(C2CCOCC2)nc1. The van der Waals surface area contributed by atoms with Gasteiger partial charge in [-0.15, -0.1) is 0 Å². The van der Waals surface area contributed by atoms with E-state index < -0.39 is 0 Å². The van der Waals surface area contributed by atoms with Crippen LogP contribution in [0.5, 0.6) is 0 Å². The maximum atomic E-state index is 8.25. The lowest BCUT2D eigenvalue weighted by atomic mass is 9.99. The van der Waals surface area contributed by atoms with E-state index in [4.69, 9.17) is 10.00 Å². The molecule has 0 saturated carbocycles. The van der Waals surface area contributed by atoms with Gasteiger partial charge in [-0.05, 0) is 37.8 Å². The van der Waals surface area contributed by atoms with Gasteiger partial charge in [-0.3, -0.25) is 0 Å². The molecule has 0 N–H and O–H groups in total. The van der Waals surface area contributed by atoms with Crippen molar-refractivity contribution in [3.8, 4) is 6.07 Å². The standard InChI is InChI=1S/C10H14N2O.C6H5N3.3C2H6/c1-8-6-11-10(12-7-8)9-2-4-13-5-3-9;1-5-3-8-6(2-7)9-4-5;3*1-2/h6-7,9H,2-5H2,1H3;3-4H,1H3;3*1-2H3. The highest BCUT2D eigenvalue weighted by atomic mass is 16.5. The Kier molecular flexibility index (Phi) is 19.3. The van der Waals surface area contributed by atoms with Crippen LogP contribution in [0.4, 0.5) is 0 Å². The summed E-state index contributed by atoms with van der Waals surface area (Å²) >= 11 is 0. The Morgan fingerprint density at radius 1 is 0.786 bits per heavy atom. The van der Waals surface area contributed by atoms with Crippen LogP contribution in [0.3, 0.4) is 0 Å². The number of aromatic nitrogens is 4. The summed E-state index contributed by atoms with van der Waals surface area (Å²) in [5, 5.41) is 8.25. The van der Waals surface area contributed by atoms with Gasteiger partial charge in [0.25, 0.3) is 0 Å². The van der Waals surface area contributed by atoms with E-state index in [1.54, 1.807) is 12.4 Å². The summed E-state index contributed by atoms with van der Waals surface area (Å²) in [4.78, 5) is 16.1. The summed E-state index contributed by atoms with van der Waals surface area (Å²) in [7, 11) is 0. The summed E-state index contributed by atoms with van der Waals surface area (Å²) in [6, 6.07) is 1.83. The molecule has 6 nitrogen and oxygen atoms in total. The molecule has 0 bridgehead atoms. The average Bonchev–Trinajstić information content (AvgIpc) is 2.80. The molecule has 3 heterocycles. The molecule has 28 heavy (non-hydrogen) atoms. The largest absolute Gasteiger partial charge is 0.381 e. The molecular weight excluding hydrogens is 350 g/mol. The third kappa shape index (κ3) is 12.1. The van der Waals surface area contributed by atoms with Gasteiger partial charge in [0.15, 0.2) is 0 Å². The Balaban J connectivity index is 0. The fourth-order valence-corrected chi connectivity index (χ4v) is 2.02. The monoisotopic (exact) mass is 387 g/mol. The summed E-state index contributed by atoms with van der Waals surface area (Å²) in [5.74, 6) is 1.71. The smallest absolute Gasteiger partial charge is 0.232 e. The minimum atomic E-state index is 0.223. The topological polar surface area (TPSA) is 84.6 Å². The molecule has 1 aliphatic rings. The number of rotatable bonds is 1. The van der Waals surface area contributed by atoms with Crippen molar-refractivity contribution in [3.63, 3.8) is 0 Å². The van der Waals surface area contributed by atoms with E-state index in [0.717, 1.165) is 43.0 Å². The van der Waals surface area contributed by atoms with E-state index >= 15 is 0 Å². The number of ether oxygens (including phenoxy) is 1. The quantitative estimate of drug-likeness (QED) is 0.650. The predicted octanol–water partition coefficient (Wildman–Crippen LogP) is 5.41. The fourth-order valence-electron chi connectivity index (χ4n) is 2.02. The molecule has 0 spiro atoms. The lowest BCUT2D eigenvalue weighted by Gasteiger charge is -2.20. The van der Waals surface area contributed by atoms with Crippen molar-refractivity contribution in [3.05, 3.63) is 47.6 Å². The van der Waals surface area contributed by atoms with Crippen LogP contribution in [-0.4, -0.2) is 33.1 Å². The molecule has 0 atom stereocenters. The number of nitriles is 1. The molecular formula is C22H37N5O. The Labute approximate surface area is 171 Å². The number of aryl methyl sites for hydroxylation is 2. The number of hydrogen-bond donors (Lipinski definition) is 0. The summed E-state index contributed by atoms with van der Waals surface area (Å²) < 4.78 is 5.29. The molecule has 0 unspecified atom stereocenters. The highest BCUT2D eigenvalue weighted by Gasteiger charge is 2.17. The zero-order chi connectivity index (χ0) is 21.8. The van der Waals surface area contributed by atoms with Crippen LogP contribution in [0, 0.1) is 25.2 Å². The van der Waals surface area contributed by atoms with Crippen molar-refractivity contribution < 1.29 is 4.74 Å². The van der Waals surface area contributed by atoms with Gasteiger partial charge in [0.2, 0.25) is 5.82 Å². The molecule has 3 rings (SSSR count). The first-order valence-corrected chi connectivity index (χ1v) is 10.2. The third-order valence-corrected chi connectivity index (χ3v) is 3.27. The lowest BCUT2D eigenvalue weighted by molar-refractivity contribution is 0.0835. The molecule has 0 aromatic carbocycles. The van der Waals surface area contributed by atoms with E-state index in [0.29, 0.717) is 5.92 Å². The summed E-state index contributed by atoms with van der Waals surface area (Å²) in [6.07, 6.45) is 9.12. The van der Waals surface area contributed by atoms with E-state index in [1.165, 1.54) is 0 Å². The predicted molar refractivity (Wildman–Crippen MR) is 115 cm³/mol. The number of nitrogens with zero attached hydrogens (tertiary/aromatic N) is 5. The van der Waals surface area contributed by atoms with Crippen LogP contribution in [0.25, 0.3) is 0 Å². The van der Waals surface area contributed by atoms with Gasteiger partial charge in [-0.1, -0.05) is 41.5 Å². The minimum absolute atomic E-state index is 0.223. The van der Waals surface area contributed by atoms with Crippen LogP contribution < -0.4 is 0 Å². The van der Waals surface area contributed by atoms with Crippen LogP contribution in [0.2, 0.25) is 0 Å². The lowest BCUT2D eigenvalue weighted by Crippen LogP contribution is -2.16. The number of hydrogen-bond acceptors (Lipinski definition) is 6. The van der Waals surface area contributed by atoms with Crippen LogP contribution in [0.1, 0.15) is 83.1 Å². The molecule has 2 aromatic rings. The summed E-state index contributed by atoms with van der Waals surface area (Å²) in [6.45, 7) is 17.6. The molecule has 1 fully saturated rings. The molecule has 0 radical (unpaired) electrons. The maximum absolute atomic E-state index is 8.25. The second-order valence-electron chi connectivity index (χ2n) is 5.20. The Morgan fingerprint density at radius 3 is 1.57 bits per heavy atom. The zero-order valence-electron chi connectivity index (χ0n) is 18.9. The first-order chi connectivity index (χ1) is 13.7. The van der Waals surface area contributed by atoms with Crippen LogP contribution in [0.15, 0.2) is 24.8 Å². The van der Waals surface area contributed by atoms with Gasteiger partial charge in [0.1, 0.15) is 11.9 Å². The van der Waals surface area contributed by atoms with Gasteiger partial charge in [-0.2, -0.15) is 5.26 Å². The van der Waals surface area contributed by atoms with Crippen molar-refractivity contribution in [1.29, 1.82) is 5.26 Å². The van der Waals surface area contributed by atoms with E-state index in [1.807, 2.05) is 73.9 Å². The van der Waals surface area contributed by atoms with Crippen molar-refractivity contribution in [2.24, 2.45) is 0 Å². The van der Waals surface area contributed by atoms with E-state index in [9.17, 15) is 0 Å². The molecule has 0 amide bonds. The average molecular weight is 388 g/mol. The molecule has 1 saturated heterocycles. The van der Waals surface area contributed by atoms with Crippen LogP contribution >= 0.6 is 0 Å². The maximum Gasteiger partial charge on any atom is 0.232 e. The highest BCUT2D eigenvalue weighted by molar-refractivity contribution is 5.11. The molecule has 2 aromatic heterocycles. The molecule has 1 aliphatic heterocycles. The summed E-state index contributed by atoms with van der Waals surface area (Å²) in [5.41, 5.74) is 2.09. The van der Waals surface area contributed by atoms with Crippen LogP contribution in [-0.2, 0) is 4.74 Å². The van der Waals surface area contributed by atoms with Crippen molar-refractivity contribution in [1.82, 2.24) is 19.9 Å². The third-order valence-electron chi connectivity index (χ3n) is 3.27. The van der Waals surface area contributed by atoms with E-state index in [-0.39, 0.29) is 5.82 Å². The van der Waals surface area contributed by atoms with Crippen molar-refractivity contribution in [2.75, 3.05) is 13.2 Å². The van der Waals surface area contributed by atoms with Crippen molar-refractivity contribution in [2.45, 2.75) is 74.1 Å². The minimum Gasteiger partial charge on any atom is -0.381 e. The Bertz CT molecular complexity index is 615. The molecule has 6 heteroatoms. The first kappa shape index (κ1) is 27.8. The van der Waals surface area contributed by atoms with Gasteiger partial charge in [0.05, 0.1) is 0 Å². The van der Waals surface area contributed by atoms with Gasteiger partial charge in [0, 0.05) is 43.9 Å². The fraction of sp³-hybridized carbons (Fsp3) is 0.591. The molecule has 156 valence electrons. The normalized spacial score (nSPS) is 12.1. The Morgan fingerprint density at radius 2 is 1.18 bits per heavy atom. The van der Waals surface area contributed by atoms with Gasteiger partial charge < -0.3 is 4.74 Å². The van der Waals surface area contributed by atoms with Crippen molar-refractivity contribution >= 4 is 0 Å². The Hall–Kier alpha value is -2.39. The van der Waals surface area contributed by atoms with E-state index in [2.05, 4.69) is 19.9 Å². The van der Waals surface area contributed by atoms with Gasteiger partial charge >= 0.3 is 0 Å². The van der Waals surface area contributed by atoms with Gasteiger partial charge in [-0.25, -0.2) is 19.9 Å². The second-order valence-corrected chi connectivity index (χ2v) is 5.20. The zero-order valence-corrected chi connectivity index (χ0v) is 18.9. The second kappa shape index (κ2) is 19.4.